The predicted molar refractivity (Wildman–Crippen MR) is 104 cm³/mol. The van der Waals surface area contributed by atoms with E-state index in [0.717, 1.165) is 18.4 Å². The van der Waals surface area contributed by atoms with Crippen molar-refractivity contribution in [2.24, 2.45) is 5.92 Å². The smallest absolute Gasteiger partial charge is 0.253 e. The van der Waals surface area contributed by atoms with Gasteiger partial charge in [-0.05, 0) is 54.7 Å². The van der Waals surface area contributed by atoms with Gasteiger partial charge in [-0.2, -0.15) is 0 Å². The highest BCUT2D eigenvalue weighted by Crippen LogP contribution is 2.21. The van der Waals surface area contributed by atoms with E-state index >= 15 is 0 Å². The van der Waals surface area contributed by atoms with Crippen molar-refractivity contribution in [3.63, 3.8) is 0 Å². The van der Waals surface area contributed by atoms with Gasteiger partial charge >= 0.3 is 0 Å². The molecule has 1 fully saturated rings. The number of carbonyl (C=O) groups is 2. The minimum absolute atomic E-state index is 0.00907. The Bertz CT molecular complexity index is 815. The van der Waals surface area contributed by atoms with Gasteiger partial charge in [-0.15, -0.1) is 0 Å². The van der Waals surface area contributed by atoms with E-state index in [2.05, 4.69) is 5.32 Å². The third-order valence-electron chi connectivity index (χ3n) is 4.94. The van der Waals surface area contributed by atoms with Crippen LogP contribution in [0.15, 0.2) is 48.5 Å². The molecule has 1 aliphatic heterocycles. The van der Waals surface area contributed by atoms with E-state index in [1.165, 1.54) is 19.1 Å². The molecule has 0 spiro atoms. The molecule has 1 N–H and O–H groups in total. The van der Waals surface area contributed by atoms with Gasteiger partial charge in [-0.3, -0.25) is 9.59 Å². The molecule has 5 nitrogen and oxygen atoms in total. The number of carbonyl (C=O) groups excluding carboxylic acids is 2. The van der Waals surface area contributed by atoms with Crippen LogP contribution in [0.5, 0.6) is 5.75 Å². The van der Waals surface area contributed by atoms with Crippen LogP contribution in [0.2, 0.25) is 0 Å². The third-order valence-corrected chi connectivity index (χ3v) is 4.94. The molecule has 1 heterocycles. The summed E-state index contributed by atoms with van der Waals surface area (Å²) in [7, 11) is 0. The number of halogens is 1. The highest BCUT2D eigenvalue weighted by Gasteiger charge is 2.23. The van der Waals surface area contributed by atoms with Crippen molar-refractivity contribution in [2.45, 2.75) is 26.4 Å². The van der Waals surface area contributed by atoms with Gasteiger partial charge in [-0.25, -0.2) is 4.39 Å². The molecule has 0 unspecified atom stereocenters. The molecule has 0 atom stereocenters. The first-order valence-corrected chi connectivity index (χ1v) is 9.52. The van der Waals surface area contributed by atoms with Crippen molar-refractivity contribution in [2.75, 3.05) is 19.6 Å². The summed E-state index contributed by atoms with van der Waals surface area (Å²) in [6.07, 6.45) is 1.76. The average molecular weight is 384 g/mol. The molecule has 0 bridgehead atoms. The van der Waals surface area contributed by atoms with Crippen LogP contribution in [0.4, 0.5) is 4.39 Å². The van der Waals surface area contributed by atoms with E-state index in [1.54, 1.807) is 36.4 Å². The van der Waals surface area contributed by atoms with Crippen LogP contribution in [0.3, 0.4) is 0 Å². The zero-order valence-electron chi connectivity index (χ0n) is 16.0. The summed E-state index contributed by atoms with van der Waals surface area (Å²) in [6.45, 7) is 3.87. The second-order valence-corrected chi connectivity index (χ2v) is 7.12. The minimum atomic E-state index is -0.280. The number of likely N-dealkylation sites (tertiary alicyclic amines) is 1. The van der Waals surface area contributed by atoms with E-state index in [-0.39, 0.29) is 17.6 Å². The van der Waals surface area contributed by atoms with Crippen molar-refractivity contribution in [1.29, 1.82) is 0 Å². The topological polar surface area (TPSA) is 58.6 Å². The molecule has 0 aromatic heterocycles. The summed E-state index contributed by atoms with van der Waals surface area (Å²) in [5, 5.41) is 2.85. The number of rotatable bonds is 6. The molecule has 2 amide bonds. The fourth-order valence-corrected chi connectivity index (χ4v) is 3.28. The summed E-state index contributed by atoms with van der Waals surface area (Å²) >= 11 is 0. The number of amides is 2. The van der Waals surface area contributed by atoms with Gasteiger partial charge < -0.3 is 15.0 Å². The van der Waals surface area contributed by atoms with Crippen molar-refractivity contribution in [3.8, 4) is 5.75 Å². The number of benzene rings is 2. The summed E-state index contributed by atoms with van der Waals surface area (Å²) in [5.74, 6) is 0.715. The van der Waals surface area contributed by atoms with Gasteiger partial charge in [0, 0.05) is 32.1 Å². The highest BCUT2D eigenvalue weighted by molar-refractivity contribution is 5.94. The standard InChI is InChI=1S/C22H25FN2O3/c1-16(26)24-14-17-9-11-25(12-10-17)22(27)19-3-2-4-21(13-19)28-15-18-5-7-20(23)8-6-18/h2-8,13,17H,9-12,14-15H2,1H3,(H,24,26). The molecule has 0 saturated carbocycles. The van der Waals surface area contributed by atoms with Gasteiger partial charge in [0.2, 0.25) is 5.91 Å². The molecular weight excluding hydrogens is 359 g/mol. The van der Waals surface area contributed by atoms with E-state index in [0.29, 0.717) is 43.5 Å². The van der Waals surface area contributed by atoms with Crippen LogP contribution in [0, 0.1) is 11.7 Å². The van der Waals surface area contributed by atoms with E-state index in [4.69, 9.17) is 4.74 Å². The van der Waals surface area contributed by atoms with E-state index < -0.39 is 0 Å². The summed E-state index contributed by atoms with van der Waals surface area (Å²) in [4.78, 5) is 25.7. The number of ether oxygens (including phenoxy) is 1. The molecule has 2 aromatic rings. The minimum Gasteiger partial charge on any atom is -0.489 e. The lowest BCUT2D eigenvalue weighted by molar-refractivity contribution is -0.119. The first-order chi connectivity index (χ1) is 13.5. The summed E-state index contributed by atoms with van der Waals surface area (Å²) in [6, 6.07) is 13.3. The zero-order chi connectivity index (χ0) is 19.9. The van der Waals surface area contributed by atoms with Crippen LogP contribution in [0.25, 0.3) is 0 Å². The summed E-state index contributed by atoms with van der Waals surface area (Å²) in [5.41, 5.74) is 1.45. The second kappa shape index (κ2) is 9.35. The first kappa shape index (κ1) is 19.9. The van der Waals surface area contributed by atoms with E-state index in [1.807, 2.05) is 4.90 Å². The fraction of sp³-hybridized carbons (Fsp3) is 0.364. The lowest BCUT2D eigenvalue weighted by atomic mass is 9.96. The van der Waals surface area contributed by atoms with Crippen molar-refractivity contribution < 1.29 is 18.7 Å². The predicted octanol–water partition coefficient (Wildman–Crippen LogP) is 3.39. The van der Waals surface area contributed by atoms with Crippen LogP contribution in [-0.4, -0.2) is 36.3 Å². The lowest BCUT2D eigenvalue weighted by Crippen LogP contribution is -2.41. The molecule has 1 aliphatic rings. The van der Waals surface area contributed by atoms with Gasteiger partial charge in [-0.1, -0.05) is 18.2 Å². The summed E-state index contributed by atoms with van der Waals surface area (Å²) < 4.78 is 18.7. The Hall–Kier alpha value is -2.89. The maximum atomic E-state index is 13.0. The Labute approximate surface area is 164 Å². The Balaban J connectivity index is 1.54. The zero-order valence-corrected chi connectivity index (χ0v) is 16.0. The van der Waals surface area contributed by atoms with Crippen molar-refractivity contribution in [3.05, 3.63) is 65.5 Å². The maximum absolute atomic E-state index is 13.0. The molecule has 6 heteroatoms. The molecule has 148 valence electrons. The van der Waals surface area contributed by atoms with Crippen molar-refractivity contribution >= 4 is 11.8 Å². The largest absolute Gasteiger partial charge is 0.489 e. The van der Waals surface area contributed by atoms with Crippen LogP contribution < -0.4 is 10.1 Å². The molecule has 0 radical (unpaired) electrons. The highest BCUT2D eigenvalue weighted by atomic mass is 19.1. The molecule has 28 heavy (non-hydrogen) atoms. The Morgan fingerprint density at radius 1 is 1.14 bits per heavy atom. The van der Waals surface area contributed by atoms with Gasteiger partial charge in [0.25, 0.3) is 5.91 Å². The Morgan fingerprint density at radius 2 is 1.86 bits per heavy atom. The number of hydrogen-bond acceptors (Lipinski definition) is 3. The number of hydrogen-bond donors (Lipinski definition) is 1. The van der Waals surface area contributed by atoms with Gasteiger partial charge in [0.05, 0.1) is 0 Å². The van der Waals surface area contributed by atoms with Crippen LogP contribution >= 0.6 is 0 Å². The maximum Gasteiger partial charge on any atom is 0.253 e. The number of nitrogens with one attached hydrogen (secondary N) is 1. The van der Waals surface area contributed by atoms with Gasteiger partial charge in [0.1, 0.15) is 18.2 Å². The average Bonchev–Trinajstić information content (AvgIpc) is 2.72. The fourth-order valence-electron chi connectivity index (χ4n) is 3.28. The molecular formula is C22H25FN2O3. The first-order valence-electron chi connectivity index (χ1n) is 9.52. The third kappa shape index (κ3) is 5.55. The quantitative estimate of drug-likeness (QED) is 0.831. The Morgan fingerprint density at radius 3 is 2.54 bits per heavy atom. The van der Waals surface area contributed by atoms with Crippen molar-refractivity contribution in [1.82, 2.24) is 10.2 Å². The lowest BCUT2D eigenvalue weighted by Gasteiger charge is -2.32. The molecule has 2 aromatic carbocycles. The number of piperidine rings is 1. The number of nitrogens with zero attached hydrogens (tertiary/aromatic N) is 1. The monoisotopic (exact) mass is 384 g/mol. The Kier molecular flexibility index (Phi) is 6.63. The molecule has 0 aliphatic carbocycles. The van der Waals surface area contributed by atoms with E-state index in [9.17, 15) is 14.0 Å². The molecule has 1 saturated heterocycles. The van der Waals surface area contributed by atoms with Crippen LogP contribution in [-0.2, 0) is 11.4 Å². The normalized spacial score (nSPS) is 14.6. The van der Waals surface area contributed by atoms with Gasteiger partial charge in [0.15, 0.2) is 0 Å². The second-order valence-electron chi connectivity index (χ2n) is 7.12. The molecule has 3 rings (SSSR count). The SMILES string of the molecule is CC(=O)NCC1CCN(C(=O)c2cccc(OCc3ccc(F)cc3)c2)CC1. The van der Waals surface area contributed by atoms with Crippen LogP contribution in [0.1, 0.15) is 35.7 Å².